The Kier molecular flexibility index (Phi) is 5.09. The Hall–Kier alpha value is -2.17. The highest BCUT2D eigenvalue weighted by Gasteiger charge is 2.25. The topological polar surface area (TPSA) is 21.3 Å². The zero-order valence-electron chi connectivity index (χ0n) is 11.4. The number of para-hydroxylation sites is 1. The summed E-state index contributed by atoms with van der Waals surface area (Å²) in [6.45, 7) is 0.272. The van der Waals surface area contributed by atoms with Gasteiger partial charge >= 0.3 is 6.18 Å². The van der Waals surface area contributed by atoms with Gasteiger partial charge in [-0.15, -0.1) is 0 Å². The summed E-state index contributed by atoms with van der Waals surface area (Å²) < 4.78 is 41.8. The smallest absolute Gasteiger partial charge is 0.389 e. The van der Waals surface area contributed by atoms with Gasteiger partial charge in [0.05, 0.1) is 0 Å². The van der Waals surface area contributed by atoms with Crippen LogP contribution in [-0.2, 0) is 0 Å². The first kappa shape index (κ1) is 15.2. The Labute approximate surface area is 121 Å². The number of halogens is 3. The van der Waals surface area contributed by atoms with Crippen LogP contribution in [0.4, 0.5) is 18.9 Å². The predicted octanol–water partition coefficient (Wildman–Crippen LogP) is 5.23. The molecule has 0 aliphatic rings. The molecule has 0 aliphatic carbocycles. The maximum absolute atomic E-state index is 12.0. The molecule has 0 saturated carbocycles. The minimum atomic E-state index is -4.10. The van der Waals surface area contributed by atoms with Gasteiger partial charge in [0.1, 0.15) is 11.5 Å². The second-order valence-corrected chi connectivity index (χ2v) is 4.59. The van der Waals surface area contributed by atoms with Crippen LogP contribution in [0.25, 0.3) is 0 Å². The molecule has 0 aromatic heterocycles. The van der Waals surface area contributed by atoms with Crippen molar-refractivity contribution in [2.24, 2.45) is 0 Å². The number of ether oxygens (including phenoxy) is 1. The lowest BCUT2D eigenvalue weighted by Crippen LogP contribution is -2.10. The second kappa shape index (κ2) is 7.02. The number of rotatable bonds is 6. The highest BCUT2D eigenvalue weighted by Crippen LogP contribution is 2.24. The molecule has 2 aromatic carbocycles. The third-order valence-electron chi connectivity index (χ3n) is 2.78. The van der Waals surface area contributed by atoms with E-state index in [2.05, 4.69) is 5.32 Å². The molecule has 112 valence electrons. The van der Waals surface area contributed by atoms with E-state index in [0.717, 1.165) is 5.69 Å². The molecule has 5 heteroatoms. The van der Waals surface area contributed by atoms with Crippen molar-refractivity contribution in [1.29, 1.82) is 0 Å². The third kappa shape index (κ3) is 5.77. The van der Waals surface area contributed by atoms with E-state index in [0.29, 0.717) is 11.5 Å². The molecule has 0 saturated heterocycles. The highest BCUT2D eigenvalue weighted by atomic mass is 19.4. The number of benzene rings is 2. The first-order valence-corrected chi connectivity index (χ1v) is 6.66. The number of hydrogen-bond acceptors (Lipinski definition) is 2. The molecule has 0 aliphatic heterocycles. The molecule has 0 spiro atoms. The van der Waals surface area contributed by atoms with Crippen molar-refractivity contribution in [3.63, 3.8) is 0 Å². The number of hydrogen-bond donors (Lipinski definition) is 1. The van der Waals surface area contributed by atoms with Crippen molar-refractivity contribution in [1.82, 2.24) is 0 Å². The van der Waals surface area contributed by atoms with Crippen LogP contribution >= 0.6 is 0 Å². The molecule has 0 radical (unpaired) electrons. The fraction of sp³-hybridized carbons (Fsp3) is 0.250. The minimum Gasteiger partial charge on any atom is -0.457 e. The van der Waals surface area contributed by atoms with Crippen molar-refractivity contribution >= 4 is 5.69 Å². The molecule has 0 amide bonds. The van der Waals surface area contributed by atoms with Gasteiger partial charge in [0.25, 0.3) is 0 Å². The van der Waals surface area contributed by atoms with E-state index in [4.69, 9.17) is 4.74 Å². The molecule has 2 nitrogen and oxygen atoms in total. The molecular weight excluding hydrogens is 279 g/mol. The van der Waals surface area contributed by atoms with Crippen LogP contribution in [0.15, 0.2) is 54.6 Å². The summed E-state index contributed by atoms with van der Waals surface area (Å²) in [5.41, 5.74) is 0.741. The lowest BCUT2D eigenvalue weighted by molar-refractivity contribution is -0.134. The number of anilines is 1. The first-order valence-electron chi connectivity index (χ1n) is 6.66. The van der Waals surface area contributed by atoms with Crippen LogP contribution in [0.5, 0.6) is 11.5 Å². The molecule has 0 atom stereocenters. The monoisotopic (exact) mass is 295 g/mol. The maximum atomic E-state index is 12.0. The normalized spacial score (nSPS) is 11.2. The van der Waals surface area contributed by atoms with E-state index in [1.165, 1.54) is 0 Å². The van der Waals surface area contributed by atoms with Gasteiger partial charge in [-0.25, -0.2) is 0 Å². The standard InChI is InChI=1S/C16H16F3NO/c17-16(18,19)10-5-11-20-13-6-4-9-15(12-13)21-14-7-2-1-3-8-14/h1-4,6-9,12,20H,5,10-11H2. The van der Waals surface area contributed by atoms with Gasteiger partial charge in [-0.2, -0.15) is 13.2 Å². The van der Waals surface area contributed by atoms with E-state index >= 15 is 0 Å². The van der Waals surface area contributed by atoms with Crippen LogP contribution in [0.1, 0.15) is 12.8 Å². The van der Waals surface area contributed by atoms with E-state index in [1.54, 1.807) is 24.3 Å². The van der Waals surface area contributed by atoms with Crippen molar-refractivity contribution in [3.05, 3.63) is 54.6 Å². The Bertz CT molecular complexity index is 555. The quantitative estimate of drug-likeness (QED) is 0.736. The highest BCUT2D eigenvalue weighted by molar-refractivity contribution is 5.49. The second-order valence-electron chi connectivity index (χ2n) is 4.59. The molecule has 0 unspecified atom stereocenters. The summed E-state index contributed by atoms with van der Waals surface area (Å²) in [7, 11) is 0. The molecule has 2 rings (SSSR count). The van der Waals surface area contributed by atoms with Gasteiger partial charge < -0.3 is 10.1 Å². The molecule has 0 fully saturated rings. The summed E-state index contributed by atoms with van der Waals surface area (Å²) in [6, 6.07) is 16.5. The van der Waals surface area contributed by atoms with Crippen LogP contribution < -0.4 is 10.1 Å². The first-order chi connectivity index (χ1) is 10.0. The lowest BCUT2D eigenvalue weighted by Gasteiger charge is -2.10. The zero-order chi connectivity index (χ0) is 15.1. The van der Waals surface area contributed by atoms with Crippen LogP contribution in [-0.4, -0.2) is 12.7 Å². The molecular formula is C16H16F3NO. The zero-order valence-corrected chi connectivity index (χ0v) is 11.4. The van der Waals surface area contributed by atoms with Gasteiger partial charge in [-0.05, 0) is 30.7 Å². The average Bonchev–Trinajstić information content (AvgIpc) is 2.44. The molecule has 1 N–H and O–H groups in total. The Morgan fingerprint density at radius 1 is 0.905 bits per heavy atom. The Morgan fingerprint density at radius 2 is 1.62 bits per heavy atom. The maximum Gasteiger partial charge on any atom is 0.389 e. The fourth-order valence-electron chi connectivity index (χ4n) is 1.82. The summed E-state index contributed by atoms with van der Waals surface area (Å²) in [5.74, 6) is 1.36. The molecule has 0 heterocycles. The lowest BCUT2D eigenvalue weighted by atomic mass is 10.2. The van der Waals surface area contributed by atoms with Gasteiger partial charge in [0.2, 0.25) is 0 Å². The Balaban J connectivity index is 1.86. The summed E-state index contributed by atoms with van der Waals surface area (Å²) in [6.07, 6.45) is -4.83. The fourth-order valence-corrected chi connectivity index (χ4v) is 1.82. The molecule has 21 heavy (non-hydrogen) atoms. The van der Waals surface area contributed by atoms with Crippen LogP contribution in [0, 0.1) is 0 Å². The van der Waals surface area contributed by atoms with Crippen molar-refractivity contribution in [2.45, 2.75) is 19.0 Å². The van der Waals surface area contributed by atoms with Crippen molar-refractivity contribution in [3.8, 4) is 11.5 Å². The van der Waals surface area contributed by atoms with Gasteiger partial charge in [-0.3, -0.25) is 0 Å². The van der Waals surface area contributed by atoms with Gasteiger partial charge in [0, 0.05) is 24.7 Å². The molecule has 2 aromatic rings. The number of alkyl halides is 3. The van der Waals surface area contributed by atoms with Gasteiger partial charge in [0.15, 0.2) is 0 Å². The Morgan fingerprint density at radius 3 is 2.33 bits per heavy atom. The van der Waals surface area contributed by atoms with E-state index in [9.17, 15) is 13.2 Å². The van der Waals surface area contributed by atoms with E-state index < -0.39 is 12.6 Å². The van der Waals surface area contributed by atoms with Gasteiger partial charge in [-0.1, -0.05) is 24.3 Å². The summed E-state index contributed by atoms with van der Waals surface area (Å²) >= 11 is 0. The average molecular weight is 295 g/mol. The van der Waals surface area contributed by atoms with Crippen molar-refractivity contribution < 1.29 is 17.9 Å². The predicted molar refractivity (Wildman–Crippen MR) is 76.7 cm³/mol. The largest absolute Gasteiger partial charge is 0.457 e. The van der Waals surface area contributed by atoms with E-state index in [-0.39, 0.29) is 13.0 Å². The summed E-state index contributed by atoms with van der Waals surface area (Å²) in [5, 5.41) is 2.96. The van der Waals surface area contributed by atoms with E-state index in [1.807, 2.05) is 30.3 Å². The third-order valence-corrected chi connectivity index (χ3v) is 2.78. The minimum absolute atomic E-state index is 0.0489. The van der Waals surface area contributed by atoms with Crippen LogP contribution in [0.2, 0.25) is 0 Å². The number of nitrogens with one attached hydrogen (secondary N) is 1. The SMILES string of the molecule is FC(F)(F)CCCNc1cccc(Oc2ccccc2)c1. The van der Waals surface area contributed by atoms with Crippen LogP contribution in [0.3, 0.4) is 0 Å². The molecule has 0 bridgehead atoms. The summed E-state index contributed by atoms with van der Waals surface area (Å²) in [4.78, 5) is 0. The van der Waals surface area contributed by atoms with Crippen molar-refractivity contribution in [2.75, 3.05) is 11.9 Å².